The maximum absolute atomic E-state index is 13.9. The Labute approximate surface area is 232 Å². The number of pyridine rings is 1. The number of ketones is 1. The number of hydrogen-bond acceptors (Lipinski definition) is 6. The minimum Gasteiger partial charge on any atom is -0.352 e. The molecule has 2 aromatic carbocycles. The van der Waals surface area contributed by atoms with Gasteiger partial charge in [0.05, 0.1) is 51.4 Å². The lowest BCUT2D eigenvalue weighted by molar-refractivity contribution is -0.116. The van der Waals surface area contributed by atoms with Crippen LogP contribution in [-0.4, -0.2) is 51.4 Å². The van der Waals surface area contributed by atoms with Gasteiger partial charge in [0.2, 0.25) is 0 Å². The van der Waals surface area contributed by atoms with Crippen LogP contribution in [-0.2, 0) is 11.2 Å². The zero-order valence-corrected chi connectivity index (χ0v) is 22.6. The van der Waals surface area contributed by atoms with Crippen molar-refractivity contribution >= 4 is 28.2 Å². The summed E-state index contributed by atoms with van der Waals surface area (Å²) >= 11 is 0. The molecule has 1 aromatic heterocycles. The highest BCUT2D eigenvalue weighted by Crippen LogP contribution is 2.30. The third kappa shape index (κ3) is 5.49. The zero-order valence-electron chi connectivity index (χ0n) is 22.6. The van der Waals surface area contributed by atoms with Gasteiger partial charge >= 0.3 is 0 Å². The maximum Gasteiger partial charge on any atom is 0.135 e. The lowest BCUT2D eigenvalue weighted by Crippen LogP contribution is -2.33. The van der Waals surface area contributed by atoms with E-state index in [9.17, 15) is 9.18 Å². The fraction of sp³-hybridized carbons (Fsp3) is 0.250. The molecule has 3 heterocycles. The smallest absolute Gasteiger partial charge is 0.135 e. The summed E-state index contributed by atoms with van der Waals surface area (Å²) in [5.74, 6) is -0.200. The Bertz CT molecular complexity index is 1700. The quantitative estimate of drug-likeness (QED) is 0.290. The molecule has 0 saturated carbocycles. The largest absolute Gasteiger partial charge is 0.352 e. The van der Waals surface area contributed by atoms with E-state index in [2.05, 4.69) is 32.9 Å². The number of fused-ring (bicyclic) bond motifs is 2. The first-order chi connectivity index (χ1) is 19.4. The summed E-state index contributed by atoms with van der Waals surface area (Å²) in [4.78, 5) is 28.5. The molecule has 0 unspecified atom stereocenters. The van der Waals surface area contributed by atoms with Gasteiger partial charge in [-0.3, -0.25) is 14.8 Å². The van der Waals surface area contributed by atoms with Crippen LogP contribution in [0.1, 0.15) is 25.5 Å². The summed E-state index contributed by atoms with van der Waals surface area (Å²) in [5, 5.41) is 4.34. The molecule has 3 aliphatic rings. The van der Waals surface area contributed by atoms with Crippen LogP contribution in [0.15, 0.2) is 84.0 Å². The molecule has 3 aromatic rings. The number of aromatic nitrogens is 3. The van der Waals surface area contributed by atoms with Crippen LogP contribution < -0.4 is 10.7 Å². The molecule has 1 saturated heterocycles. The topological polar surface area (TPSA) is 75.4 Å². The van der Waals surface area contributed by atoms with Crippen molar-refractivity contribution in [3.8, 4) is 17.1 Å². The Balaban J connectivity index is 1.53. The van der Waals surface area contributed by atoms with Gasteiger partial charge in [0.1, 0.15) is 11.6 Å². The third-order valence-corrected chi connectivity index (χ3v) is 7.33. The lowest BCUT2D eigenvalue weighted by Gasteiger charge is -2.26. The molecule has 6 rings (SSSR count). The van der Waals surface area contributed by atoms with E-state index in [0.717, 1.165) is 76.5 Å². The normalized spacial score (nSPS) is 15.1. The molecule has 1 aliphatic carbocycles. The molecule has 202 valence electrons. The average molecular weight is 535 g/mol. The Morgan fingerprint density at radius 1 is 1.05 bits per heavy atom. The number of nitrogens with one attached hydrogen (secondary N) is 1. The molecule has 2 aliphatic heterocycles. The predicted octanol–water partition coefficient (Wildman–Crippen LogP) is 5.53. The van der Waals surface area contributed by atoms with Gasteiger partial charge in [-0.1, -0.05) is 12.1 Å². The first-order valence-corrected chi connectivity index (χ1v) is 13.6. The first-order valence-electron chi connectivity index (χ1n) is 13.6. The first kappa shape index (κ1) is 25.8. The molecule has 0 bridgehead atoms. The van der Waals surface area contributed by atoms with E-state index in [1.54, 1.807) is 25.3 Å². The number of Topliss-reactive ketones (excluding diaryl/α,β-unsaturated/α-hetero) is 1. The van der Waals surface area contributed by atoms with Crippen molar-refractivity contribution in [1.29, 1.82) is 0 Å². The van der Waals surface area contributed by atoms with Gasteiger partial charge in [0.15, 0.2) is 0 Å². The predicted molar refractivity (Wildman–Crippen MR) is 156 cm³/mol. The average Bonchev–Trinajstić information content (AvgIpc) is 2.95. The van der Waals surface area contributed by atoms with Crippen LogP contribution >= 0.6 is 0 Å². The third-order valence-electron chi connectivity index (χ3n) is 7.33. The molecule has 1 N–H and O–H groups in total. The van der Waals surface area contributed by atoms with Crippen molar-refractivity contribution in [2.24, 2.45) is 4.99 Å². The van der Waals surface area contributed by atoms with E-state index < -0.39 is 0 Å². The number of benzene rings is 3. The maximum atomic E-state index is 13.9. The number of anilines is 2. The lowest BCUT2D eigenvalue weighted by atomic mass is 10.1. The SMILES string of the molecule is CC(=O)Cc1ccc(Nc2cc3nc4ccccc4n(-c4ccc(F)cc4)c-3cc2=NC2CCN(C)CC2)cn1. The van der Waals surface area contributed by atoms with E-state index in [1.807, 2.05) is 42.5 Å². The van der Waals surface area contributed by atoms with Crippen LogP contribution in [0.5, 0.6) is 0 Å². The van der Waals surface area contributed by atoms with Gasteiger partial charge in [0.25, 0.3) is 0 Å². The van der Waals surface area contributed by atoms with Crippen LogP contribution in [0.4, 0.5) is 15.8 Å². The molecule has 0 atom stereocenters. The number of para-hydroxylation sites is 2. The summed E-state index contributed by atoms with van der Waals surface area (Å²) in [5.41, 5.74) is 6.66. The second kappa shape index (κ2) is 11.0. The molecule has 7 nitrogen and oxygen atoms in total. The second-order valence-corrected chi connectivity index (χ2v) is 10.5. The molecule has 40 heavy (non-hydrogen) atoms. The number of hydrogen-bond donors (Lipinski definition) is 1. The Kier molecular flexibility index (Phi) is 7.09. The number of carbonyl (C=O) groups is 1. The van der Waals surface area contributed by atoms with Gasteiger partial charge < -0.3 is 14.8 Å². The van der Waals surface area contributed by atoms with Crippen molar-refractivity contribution in [3.63, 3.8) is 0 Å². The second-order valence-electron chi connectivity index (χ2n) is 10.5. The molecular formula is C32H31FN6O. The van der Waals surface area contributed by atoms with E-state index in [1.165, 1.54) is 12.1 Å². The summed E-state index contributed by atoms with van der Waals surface area (Å²) in [6.45, 7) is 3.58. The fourth-order valence-electron chi connectivity index (χ4n) is 5.25. The number of rotatable bonds is 6. The van der Waals surface area contributed by atoms with Crippen LogP contribution in [0.3, 0.4) is 0 Å². The number of halogens is 1. The van der Waals surface area contributed by atoms with Crippen molar-refractivity contribution < 1.29 is 9.18 Å². The van der Waals surface area contributed by atoms with Crippen molar-refractivity contribution in [1.82, 2.24) is 19.4 Å². The Hall–Kier alpha value is -4.43. The highest BCUT2D eigenvalue weighted by atomic mass is 19.1. The number of carbonyl (C=O) groups excluding carboxylic acids is 1. The number of nitrogens with zero attached hydrogens (tertiary/aromatic N) is 5. The van der Waals surface area contributed by atoms with Crippen molar-refractivity contribution in [2.45, 2.75) is 32.2 Å². The minimum atomic E-state index is -0.278. The summed E-state index contributed by atoms with van der Waals surface area (Å²) in [6.07, 6.45) is 4.04. The van der Waals surface area contributed by atoms with Crippen LogP contribution in [0, 0.1) is 5.82 Å². The summed E-state index contributed by atoms with van der Waals surface area (Å²) < 4.78 is 16.0. The van der Waals surface area contributed by atoms with Crippen molar-refractivity contribution in [2.75, 3.05) is 25.5 Å². The standard InChI is InChI=1S/C32H31FN6O/c1-21(40)17-24-9-10-25(20-34-24)36-28-18-30-32(19-29(28)35-23-13-15-38(2)16-14-23)39(26-11-7-22(33)8-12-26)31-6-4-3-5-27(31)37-30/h3-12,18-20,23,36H,13-17H2,1-2H3. The van der Waals surface area contributed by atoms with E-state index in [0.29, 0.717) is 6.42 Å². The summed E-state index contributed by atoms with van der Waals surface area (Å²) in [7, 11) is 2.14. The van der Waals surface area contributed by atoms with Crippen LogP contribution in [0.2, 0.25) is 0 Å². The number of likely N-dealkylation sites (tertiary alicyclic amines) is 1. The molecular weight excluding hydrogens is 503 g/mol. The zero-order chi connectivity index (χ0) is 27.6. The summed E-state index contributed by atoms with van der Waals surface area (Å²) in [6, 6.07) is 22.6. The van der Waals surface area contributed by atoms with Crippen LogP contribution in [0.25, 0.3) is 28.1 Å². The van der Waals surface area contributed by atoms with Gasteiger partial charge in [-0.2, -0.15) is 0 Å². The van der Waals surface area contributed by atoms with Gasteiger partial charge in [-0.25, -0.2) is 9.37 Å². The highest BCUT2D eigenvalue weighted by Gasteiger charge is 2.19. The van der Waals surface area contributed by atoms with Crippen molar-refractivity contribution in [3.05, 3.63) is 95.9 Å². The Morgan fingerprint density at radius 2 is 1.82 bits per heavy atom. The highest BCUT2D eigenvalue weighted by molar-refractivity contribution is 5.84. The number of piperidine rings is 1. The molecule has 8 heteroatoms. The van der Waals surface area contributed by atoms with Gasteiger partial charge in [0, 0.05) is 17.8 Å². The fourth-order valence-corrected chi connectivity index (χ4v) is 5.25. The molecule has 0 spiro atoms. The molecule has 0 radical (unpaired) electrons. The molecule has 1 fully saturated rings. The van der Waals surface area contributed by atoms with E-state index >= 15 is 0 Å². The Morgan fingerprint density at radius 3 is 2.55 bits per heavy atom. The van der Waals surface area contributed by atoms with E-state index in [4.69, 9.17) is 9.98 Å². The molecule has 0 amide bonds. The monoisotopic (exact) mass is 534 g/mol. The van der Waals surface area contributed by atoms with Gasteiger partial charge in [-0.15, -0.1) is 0 Å². The van der Waals surface area contributed by atoms with E-state index in [-0.39, 0.29) is 17.6 Å². The minimum absolute atomic E-state index is 0.0784. The van der Waals surface area contributed by atoms with Gasteiger partial charge in [-0.05, 0) is 101 Å².